The average molecular weight is 287 g/mol. The highest BCUT2D eigenvalue weighted by Crippen LogP contribution is 2.26. The molecule has 0 fully saturated rings. The summed E-state index contributed by atoms with van der Waals surface area (Å²) >= 11 is 0. The predicted octanol–water partition coefficient (Wildman–Crippen LogP) is 2.43. The molecule has 0 saturated carbocycles. The fraction of sp³-hybridized carbons (Fsp3) is 0.312. The zero-order valence-corrected chi connectivity index (χ0v) is 12.4. The van der Waals surface area contributed by atoms with Crippen molar-refractivity contribution in [1.82, 2.24) is 10.4 Å². The van der Waals surface area contributed by atoms with Crippen molar-refractivity contribution in [2.24, 2.45) is 5.84 Å². The molecule has 2 rings (SSSR count). The first kappa shape index (κ1) is 15.3. The molecule has 0 amide bonds. The van der Waals surface area contributed by atoms with Crippen LogP contribution in [0.5, 0.6) is 11.5 Å². The molecule has 0 aliphatic rings. The molecular formula is C16H21N3O2. The van der Waals surface area contributed by atoms with Gasteiger partial charge in [0.05, 0.1) is 26.0 Å². The Morgan fingerprint density at radius 3 is 2.71 bits per heavy atom. The van der Waals surface area contributed by atoms with Gasteiger partial charge in [-0.3, -0.25) is 10.8 Å². The fourth-order valence-corrected chi connectivity index (χ4v) is 2.09. The van der Waals surface area contributed by atoms with Crippen molar-refractivity contribution >= 4 is 0 Å². The first-order chi connectivity index (χ1) is 10.3. The molecule has 5 heteroatoms. The average Bonchev–Trinajstić information content (AvgIpc) is 2.54. The van der Waals surface area contributed by atoms with Crippen LogP contribution >= 0.6 is 0 Å². The third-order valence-electron chi connectivity index (χ3n) is 3.13. The van der Waals surface area contributed by atoms with E-state index in [0.717, 1.165) is 23.3 Å². The standard InChI is InChI=1S/C16H21N3O2/c1-3-7-21-14-6-4-5-12(8-14)16(19-17)13-9-15(20-2)11-18-10-13/h4-6,8-11,16,19H,3,7,17H2,1-2H3. The molecule has 1 heterocycles. The quantitative estimate of drug-likeness (QED) is 0.604. The summed E-state index contributed by atoms with van der Waals surface area (Å²) in [6, 6.07) is 9.63. The van der Waals surface area contributed by atoms with Crippen LogP contribution in [-0.2, 0) is 0 Å². The summed E-state index contributed by atoms with van der Waals surface area (Å²) in [6.45, 7) is 2.78. The van der Waals surface area contributed by atoms with E-state index in [2.05, 4.69) is 17.3 Å². The zero-order chi connectivity index (χ0) is 15.1. The van der Waals surface area contributed by atoms with E-state index in [-0.39, 0.29) is 6.04 Å². The monoisotopic (exact) mass is 287 g/mol. The van der Waals surface area contributed by atoms with Crippen LogP contribution in [0.1, 0.15) is 30.5 Å². The Morgan fingerprint density at radius 2 is 2.00 bits per heavy atom. The first-order valence-electron chi connectivity index (χ1n) is 6.96. The Balaban J connectivity index is 2.27. The van der Waals surface area contributed by atoms with Crippen LogP contribution < -0.4 is 20.7 Å². The molecule has 5 nitrogen and oxygen atoms in total. The molecule has 0 radical (unpaired) electrons. The summed E-state index contributed by atoms with van der Waals surface area (Å²) in [5.74, 6) is 7.26. The van der Waals surface area contributed by atoms with E-state index in [0.29, 0.717) is 12.4 Å². The van der Waals surface area contributed by atoms with E-state index in [9.17, 15) is 0 Å². The molecule has 1 aromatic carbocycles. The van der Waals surface area contributed by atoms with Gasteiger partial charge < -0.3 is 9.47 Å². The van der Waals surface area contributed by atoms with E-state index in [1.165, 1.54) is 0 Å². The van der Waals surface area contributed by atoms with Gasteiger partial charge in [0.25, 0.3) is 0 Å². The largest absolute Gasteiger partial charge is 0.495 e. The molecule has 2 aromatic rings. The maximum atomic E-state index is 5.72. The number of hydrogen-bond donors (Lipinski definition) is 2. The summed E-state index contributed by atoms with van der Waals surface area (Å²) in [7, 11) is 1.62. The second-order valence-electron chi connectivity index (χ2n) is 4.68. The SMILES string of the molecule is CCCOc1cccc(C(NN)c2cncc(OC)c2)c1. The van der Waals surface area contributed by atoms with Gasteiger partial charge in [-0.05, 0) is 35.7 Å². The van der Waals surface area contributed by atoms with Gasteiger partial charge >= 0.3 is 0 Å². The lowest BCUT2D eigenvalue weighted by Gasteiger charge is -2.18. The highest BCUT2D eigenvalue weighted by atomic mass is 16.5. The molecule has 0 saturated heterocycles. The van der Waals surface area contributed by atoms with Crippen LogP contribution in [0.25, 0.3) is 0 Å². The molecule has 3 N–H and O–H groups in total. The number of rotatable bonds is 7. The van der Waals surface area contributed by atoms with Crippen LogP contribution in [-0.4, -0.2) is 18.7 Å². The lowest BCUT2D eigenvalue weighted by Crippen LogP contribution is -2.29. The second kappa shape index (κ2) is 7.61. The number of ether oxygens (including phenoxy) is 2. The number of methoxy groups -OCH3 is 1. The lowest BCUT2D eigenvalue weighted by atomic mass is 10.0. The van der Waals surface area contributed by atoms with Crippen molar-refractivity contribution in [1.29, 1.82) is 0 Å². The fourth-order valence-electron chi connectivity index (χ4n) is 2.09. The molecule has 1 atom stereocenters. The molecule has 0 aliphatic carbocycles. The molecule has 1 unspecified atom stereocenters. The summed E-state index contributed by atoms with van der Waals surface area (Å²) in [5.41, 5.74) is 4.77. The van der Waals surface area contributed by atoms with Gasteiger partial charge in [-0.1, -0.05) is 19.1 Å². The highest BCUT2D eigenvalue weighted by molar-refractivity contribution is 5.37. The van der Waals surface area contributed by atoms with Crippen molar-refractivity contribution in [2.75, 3.05) is 13.7 Å². The van der Waals surface area contributed by atoms with Gasteiger partial charge in [0, 0.05) is 6.20 Å². The third kappa shape index (κ3) is 3.93. The molecule has 0 spiro atoms. The Kier molecular flexibility index (Phi) is 5.54. The Labute approximate surface area is 125 Å². The van der Waals surface area contributed by atoms with Crippen LogP contribution in [0, 0.1) is 0 Å². The maximum absolute atomic E-state index is 5.72. The normalized spacial score (nSPS) is 12.0. The van der Waals surface area contributed by atoms with Crippen molar-refractivity contribution in [3.63, 3.8) is 0 Å². The summed E-state index contributed by atoms with van der Waals surface area (Å²) < 4.78 is 10.9. The lowest BCUT2D eigenvalue weighted by molar-refractivity contribution is 0.317. The van der Waals surface area contributed by atoms with Crippen molar-refractivity contribution < 1.29 is 9.47 Å². The number of pyridine rings is 1. The summed E-state index contributed by atoms with van der Waals surface area (Å²) in [4.78, 5) is 4.17. The van der Waals surface area contributed by atoms with Gasteiger partial charge in [0.2, 0.25) is 0 Å². The topological polar surface area (TPSA) is 69.4 Å². The zero-order valence-electron chi connectivity index (χ0n) is 12.4. The first-order valence-corrected chi connectivity index (χ1v) is 6.96. The van der Waals surface area contributed by atoms with E-state index in [1.54, 1.807) is 19.5 Å². The molecule has 0 bridgehead atoms. The summed E-state index contributed by atoms with van der Waals surface area (Å²) in [5, 5.41) is 0. The van der Waals surface area contributed by atoms with Gasteiger partial charge in [-0.25, -0.2) is 5.43 Å². The van der Waals surface area contributed by atoms with Gasteiger partial charge in [-0.2, -0.15) is 0 Å². The molecule has 21 heavy (non-hydrogen) atoms. The third-order valence-corrected chi connectivity index (χ3v) is 3.13. The molecule has 1 aromatic heterocycles. The van der Waals surface area contributed by atoms with E-state index < -0.39 is 0 Å². The van der Waals surface area contributed by atoms with E-state index in [4.69, 9.17) is 15.3 Å². The number of benzene rings is 1. The van der Waals surface area contributed by atoms with Crippen LogP contribution in [0.2, 0.25) is 0 Å². The van der Waals surface area contributed by atoms with Crippen molar-refractivity contribution in [2.45, 2.75) is 19.4 Å². The van der Waals surface area contributed by atoms with Gasteiger partial charge in [-0.15, -0.1) is 0 Å². The van der Waals surface area contributed by atoms with E-state index in [1.807, 2.05) is 30.3 Å². The smallest absolute Gasteiger partial charge is 0.137 e. The molecule has 112 valence electrons. The number of nitrogens with one attached hydrogen (secondary N) is 1. The minimum absolute atomic E-state index is 0.169. The second-order valence-corrected chi connectivity index (χ2v) is 4.68. The van der Waals surface area contributed by atoms with Crippen molar-refractivity contribution in [3.05, 3.63) is 53.9 Å². The number of hydrazine groups is 1. The number of nitrogens with zero attached hydrogens (tertiary/aromatic N) is 1. The maximum Gasteiger partial charge on any atom is 0.137 e. The van der Waals surface area contributed by atoms with Crippen molar-refractivity contribution in [3.8, 4) is 11.5 Å². The summed E-state index contributed by atoms with van der Waals surface area (Å²) in [6.07, 6.45) is 4.41. The highest BCUT2D eigenvalue weighted by Gasteiger charge is 2.14. The molecule has 0 aliphatic heterocycles. The molecular weight excluding hydrogens is 266 g/mol. The minimum atomic E-state index is -0.169. The Hall–Kier alpha value is -2.11. The predicted molar refractivity (Wildman–Crippen MR) is 82.2 cm³/mol. The van der Waals surface area contributed by atoms with Gasteiger partial charge in [0.15, 0.2) is 0 Å². The van der Waals surface area contributed by atoms with Gasteiger partial charge in [0.1, 0.15) is 11.5 Å². The van der Waals surface area contributed by atoms with Crippen LogP contribution in [0.4, 0.5) is 0 Å². The van der Waals surface area contributed by atoms with Crippen LogP contribution in [0.3, 0.4) is 0 Å². The minimum Gasteiger partial charge on any atom is -0.495 e. The Morgan fingerprint density at radius 1 is 1.19 bits per heavy atom. The number of aromatic nitrogens is 1. The van der Waals surface area contributed by atoms with Crippen LogP contribution in [0.15, 0.2) is 42.7 Å². The Bertz CT molecular complexity index is 575. The number of nitrogens with two attached hydrogens (primary N) is 1. The van der Waals surface area contributed by atoms with E-state index >= 15 is 0 Å². The number of hydrogen-bond acceptors (Lipinski definition) is 5.